The summed E-state index contributed by atoms with van der Waals surface area (Å²) in [6.07, 6.45) is 50.0. The summed E-state index contributed by atoms with van der Waals surface area (Å²) in [6.45, 7) is 5.74. The molecule has 0 aliphatic carbocycles. The van der Waals surface area contributed by atoms with Crippen LogP contribution < -0.4 is 5.32 Å². The van der Waals surface area contributed by atoms with Crippen molar-refractivity contribution in [3.8, 4) is 0 Å². The highest BCUT2D eigenvalue weighted by atomic mass is 16.7. The lowest BCUT2D eigenvalue weighted by Crippen LogP contribution is -2.61. The van der Waals surface area contributed by atoms with Crippen molar-refractivity contribution in [2.24, 2.45) is 0 Å². The second-order valence-corrected chi connectivity index (χ2v) is 21.1. The van der Waals surface area contributed by atoms with Gasteiger partial charge in [0, 0.05) is 6.42 Å². The monoisotopic (exact) mass is 1030 g/mol. The van der Waals surface area contributed by atoms with Gasteiger partial charge < -0.3 is 45.1 Å². The summed E-state index contributed by atoms with van der Waals surface area (Å²) in [4.78, 5) is 26.5. The molecule has 0 spiro atoms. The molecule has 0 saturated carbocycles. The average molecular weight is 1030 g/mol. The number of carbonyl (C=O) groups is 2. The molecule has 11 heteroatoms. The van der Waals surface area contributed by atoms with Gasteiger partial charge in [0.25, 0.3) is 0 Å². The van der Waals surface area contributed by atoms with Crippen molar-refractivity contribution in [1.82, 2.24) is 5.32 Å². The van der Waals surface area contributed by atoms with Crippen LogP contribution in [0.5, 0.6) is 0 Å². The zero-order chi connectivity index (χ0) is 53.3. The first kappa shape index (κ1) is 68.6. The van der Waals surface area contributed by atoms with Crippen molar-refractivity contribution < 1.29 is 49.3 Å². The van der Waals surface area contributed by atoms with E-state index < -0.39 is 67.4 Å². The van der Waals surface area contributed by atoms with Crippen molar-refractivity contribution in [2.45, 2.75) is 320 Å². The topological polar surface area (TPSA) is 175 Å². The molecule has 0 bridgehead atoms. The number of unbranched alkanes of at least 4 members (excludes halogenated alkanes) is 31. The Labute approximate surface area is 446 Å². The van der Waals surface area contributed by atoms with Crippen LogP contribution in [0.1, 0.15) is 271 Å². The first-order valence-electron chi connectivity index (χ1n) is 30.4. The molecule has 73 heavy (non-hydrogen) atoms. The molecule has 8 unspecified atom stereocenters. The average Bonchev–Trinajstić information content (AvgIpc) is 3.39. The minimum atomic E-state index is -1.61. The molecule has 6 N–H and O–H groups in total. The third-order valence-corrected chi connectivity index (χ3v) is 14.2. The van der Waals surface area contributed by atoms with Gasteiger partial charge in [0.15, 0.2) is 12.4 Å². The van der Waals surface area contributed by atoms with Crippen molar-refractivity contribution in [1.29, 1.82) is 0 Å². The number of nitrogens with one attached hydrogen (secondary N) is 1. The number of esters is 1. The van der Waals surface area contributed by atoms with E-state index in [1.807, 2.05) is 6.08 Å². The normalized spacial score (nSPS) is 19.7. The molecule has 11 nitrogen and oxygen atoms in total. The van der Waals surface area contributed by atoms with Crippen LogP contribution in [0.15, 0.2) is 48.6 Å². The summed E-state index contributed by atoms with van der Waals surface area (Å²) in [5, 5.41) is 56.9. The second-order valence-electron chi connectivity index (χ2n) is 21.1. The molecule has 1 aliphatic rings. The highest BCUT2D eigenvalue weighted by Crippen LogP contribution is 2.26. The molecular weight excluding hydrogens is 919 g/mol. The van der Waals surface area contributed by atoms with Gasteiger partial charge >= 0.3 is 5.97 Å². The molecular formula is C62H113NO10. The van der Waals surface area contributed by atoms with Crippen LogP contribution >= 0.6 is 0 Å². The molecule has 1 saturated heterocycles. The fourth-order valence-corrected chi connectivity index (χ4v) is 9.32. The van der Waals surface area contributed by atoms with Crippen molar-refractivity contribution in [3.05, 3.63) is 48.6 Å². The largest absolute Gasteiger partial charge is 0.454 e. The maximum absolute atomic E-state index is 13.4. The Hall–Kier alpha value is -2.38. The van der Waals surface area contributed by atoms with Crippen LogP contribution in [0, 0.1) is 0 Å². The van der Waals surface area contributed by atoms with E-state index in [1.54, 1.807) is 6.08 Å². The summed E-state index contributed by atoms with van der Waals surface area (Å²) in [7, 11) is 0. The number of rotatable bonds is 51. The number of carbonyl (C=O) groups excluding carboxylic acids is 2. The van der Waals surface area contributed by atoms with Crippen LogP contribution in [0.2, 0.25) is 0 Å². The third-order valence-electron chi connectivity index (χ3n) is 14.2. The van der Waals surface area contributed by atoms with Gasteiger partial charge in [-0.1, -0.05) is 230 Å². The third kappa shape index (κ3) is 38.8. The Kier molecular flexibility index (Phi) is 47.4. The van der Waals surface area contributed by atoms with Gasteiger partial charge in [-0.25, -0.2) is 0 Å². The zero-order valence-electron chi connectivity index (χ0n) is 47.0. The Morgan fingerprint density at radius 1 is 0.534 bits per heavy atom. The number of aliphatic hydroxyl groups excluding tert-OH is 5. The van der Waals surface area contributed by atoms with Crippen LogP contribution in [-0.4, -0.2) is 99.6 Å². The van der Waals surface area contributed by atoms with E-state index in [9.17, 15) is 35.1 Å². The van der Waals surface area contributed by atoms with Gasteiger partial charge in [-0.2, -0.15) is 0 Å². The fourth-order valence-electron chi connectivity index (χ4n) is 9.32. The van der Waals surface area contributed by atoms with Crippen LogP contribution in [0.25, 0.3) is 0 Å². The number of hydrogen-bond acceptors (Lipinski definition) is 10. The number of ether oxygens (including phenoxy) is 3. The molecule has 8 atom stereocenters. The van der Waals surface area contributed by atoms with E-state index in [4.69, 9.17) is 14.2 Å². The lowest BCUT2D eigenvalue weighted by Gasteiger charge is -2.41. The number of hydrogen-bond donors (Lipinski definition) is 6. The molecule has 1 amide bonds. The summed E-state index contributed by atoms with van der Waals surface area (Å²) in [5.74, 6) is -1.20. The van der Waals surface area contributed by atoms with Crippen molar-refractivity contribution in [3.63, 3.8) is 0 Å². The van der Waals surface area contributed by atoms with Gasteiger partial charge in [0.1, 0.15) is 24.4 Å². The maximum Gasteiger partial charge on any atom is 0.306 e. The van der Waals surface area contributed by atoms with Gasteiger partial charge in [-0.15, -0.1) is 0 Å². The smallest absolute Gasteiger partial charge is 0.306 e. The van der Waals surface area contributed by atoms with Crippen molar-refractivity contribution in [2.75, 3.05) is 13.2 Å². The number of allylic oxidation sites excluding steroid dienone is 7. The zero-order valence-corrected chi connectivity index (χ0v) is 47.0. The predicted molar refractivity (Wildman–Crippen MR) is 301 cm³/mol. The lowest BCUT2D eigenvalue weighted by molar-refractivity contribution is -0.305. The standard InChI is InChI=1S/C62H113NO10/c1-4-7-10-13-16-19-22-24-26-27-28-30-31-34-37-40-43-46-49-55(66)61(70)63-53(54(65)48-45-42-39-36-33-21-18-15-12-9-6-3)52-71-62-60(59(69)58(68)56(51-64)72-62)73-57(67)50-47-44-41-38-35-32-29-25-23-20-17-14-11-8-5-2/h16,19-20,23-24,26,45,48,53-56,58-60,62,64-66,68-69H,4-15,17-18,21-22,25,27-44,46-47,49-52H2,1-3H3,(H,63,70)/b19-16-,23-20-,26-24-,48-45+. The lowest BCUT2D eigenvalue weighted by atomic mass is 9.99. The highest BCUT2D eigenvalue weighted by Gasteiger charge is 2.47. The maximum atomic E-state index is 13.4. The number of aliphatic hydroxyl groups is 5. The number of amides is 1. The Morgan fingerprint density at radius 3 is 1.45 bits per heavy atom. The molecule has 1 fully saturated rings. The molecule has 1 aliphatic heterocycles. The molecule has 0 radical (unpaired) electrons. The summed E-state index contributed by atoms with van der Waals surface area (Å²) >= 11 is 0. The second kappa shape index (κ2) is 50.4. The minimum absolute atomic E-state index is 0.119. The van der Waals surface area contributed by atoms with Gasteiger partial charge in [0.2, 0.25) is 5.91 Å². The van der Waals surface area contributed by atoms with E-state index in [-0.39, 0.29) is 19.4 Å². The molecule has 1 heterocycles. The first-order valence-corrected chi connectivity index (χ1v) is 30.4. The van der Waals surface area contributed by atoms with E-state index in [0.29, 0.717) is 12.8 Å². The molecule has 426 valence electrons. The van der Waals surface area contributed by atoms with E-state index in [1.165, 1.54) is 141 Å². The van der Waals surface area contributed by atoms with Crippen molar-refractivity contribution >= 4 is 11.9 Å². The van der Waals surface area contributed by atoms with Crippen LogP contribution in [0.4, 0.5) is 0 Å². The van der Waals surface area contributed by atoms with Gasteiger partial charge in [0.05, 0.1) is 25.4 Å². The van der Waals surface area contributed by atoms with E-state index in [2.05, 4.69) is 62.5 Å². The van der Waals surface area contributed by atoms with Gasteiger partial charge in [-0.05, 0) is 83.5 Å². The summed E-state index contributed by atoms with van der Waals surface area (Å²) in [5.41, 5.74) is 0. The summed E-state index contributed by atoms with van der Waals surface area (Å²) in [6, 6.07) is -1.03. The fraction of sp³-hybridized carbons (Fsp3) is 0.839. The Balaban J connectivity index is 2.68. The SMILES string of the molecule is CCCCC/C=C\C/C=C\CCCCCCCCCCC(O)C(=O)NC(COC1OC(CO)C(O)C(O)C1OC(=O)CCCCCCCCC/C=C\CCCCCC)C(O)/C=C/CCCCCCCCCCC. The quantitative estimate of drug-likeness (QED) is 0.0195. The minimum Gasteiger partial charge on any atom is -0.454 e. The molecule has 1 rings (SSSR count). The Bertz CT molecular complexity index is 1370. The van der Waals surface area contributed by atoms with Crippen LogP contribution in [-0.2, 0) is 23.8 Å². The molecule has 0 aromatic heterocycles. The first-order chi connectivity index (χ1) is 35.7. The highest BCUT2D eigenvalue weighted by molar-refractivity contribution is 5.80. The van der Waals surface area contributed by atoms with Gasteiger partial charge in [-0.3, -0.25) is 9.59 Å². The Morgan fingerprint density at radius 2 is 0.945 bits per heavy atom. The van der Waals surface area contributed by atoms with Crippen LogP contribution in [0.3, 0.4) is 0 Å². The van der Waals surface area contributed by atoms with E-state index >= 15 is 0 Å². The van der Waals surface area contributed by atoms with E-state index in [0.717, 1.165) is 83.5 Å². The summed E-state index contributed by atoms with van der Waals surface area (Å²) < 4.78 is 17.6. The molecule has 0 aromatic rings. The molecule has 0 aromatic carbocycles. The predicted octanol–water partition coefficient (Wildman–Crippen LogP) is 14.1.